The first kappa shape index (κ1) is 14.0. The molecular formula is C13H17N5O2+2. The van der Waals surface area contributed by atoms with Crippen molar-refractivity contribution in [1.82, 2.24) is 15.1 Å². The van der Waals surface area contributed by atoms with E-state index < -0.39 is 0 Å². The smallest absolute Gasteiger partial charge is 0.364 e. The first-order valence-electron chi connectivity index (χ1n) is 6.25. The van der Waals surface area contributed by atoms with Crippen molar-refractivity contribution >= 4 is 5.97 Å². The van der Waals surface area contributed by atoms with E-state index in [1.54, 1.807) is 29.3 Å². The monoisotopic (exact) mass is 275 g/mol. The summed E-state index contributed by atoms with van der Waals surface area (Å²) in [5.41, 5.74) is 4.60. The average molecular weight is 275 g/mol. The van der Waals surface area contributed by atoms with Gasteiger partial charge in [-0.05, 0) is 11.2 Å². The summed E-state index contributed by atoms with van der Waals surface area (Å²) in [6, 6.07) is 3.27. The Balaban J connectivity index is 1.97. The molecule has 2 heterocycles. The van der Waals surface area contributed by atoms with Gasteiger partial charge in [0.15, 0.2) is 24.6 Å². The van der Waals surface area contributed by atoms with E-state index in [9.17, 15) is 4.79 Å². The quantitative estimate of drug-likeness (QED) is 0.557. The Morgan fingerprint density at radius 3 is 2.80 bits per heavy atom. The number of hydrogen-bond acceptors (Lipinski definition) is 5. The van der Waals surface area contributed by atoms with Gasteiger partial charge in [0.05, 0.1) is 13.5 Å². The maximum atomic E-state index is 11.2. The largest absolute Gasteiger partial charge is 0.465 e. The summed E-state index contributed by atoms with van der Waals surface area (Å²) in [7, 11) is 1.36. The van der Waals surface area contributed by atoms with Crippen LogP contribution in [0.5, 0.6) is 0 Å². The van der Waals surface area contributed by atoms with E-state index in [2.05, 4.69) is 25.5 Å². The fourth-order valence-electron chi connectivity index (χ4n) is 1.67. The molecule has 0 unspecified atom stereocenters. The molecule has 7 heteroatoms. The number of nitrogens with zero attached hydrogens (tertiary/aromatic N) is 4. The number of ether oxygens (including phenoxy) is 1. The van der Waals surface area contributed by atoms with E-state index in [1.807, 2.05) is 12.3 Å². The van der Waals surface area contributed by atoms with Crippen molar-refractivity contribution in [3.63, 3.8) is 0 Å². The maximum absolute atomic E-state index is 11.2. The summed E-state index contributed by atoms with van der Waals surface area (Å²) < 4.78 is 6.37. The molecule has 0 saturated heterocycles. The molecular weight excluding hydrogens is 258 g/mol. The summed E-state index contributed by atoms with van der Waals surface area (Å²) in [6.07, 6.45) is 7.48. The summed E-state index contributed by atoms with van der Waals surface area (Å²) in [6.45, 7) is 0.596. The standard InChI is InChI=1S/C13H16N5O2/c1-20-13(19)11(14)4-8-18-7-3-10(9-17-18)12-15-5-2-6-16-12/h2-3,5-7,9,11H,4,8,14H2,1H3/q+1/p+1/t11-/m1/s1. The molecule has 0 fully saturated rings. The lowest BCUT2D eigenvalue weighted by Crippen LogP contribution is -2.66. The summed E-state index contributed by atoms with van der Waals surface area (Å²) in [4.78, 5) is 19.6. The van der Waals surface area contributed by atoms with Crippen LogP contribution < -0.4 is 10.4 Å². The Morgan fingerprint density at radius 1 is 1.45 bits per heavy atom. The van der Waals surface area contributed by atoms with Crippen LogP contribution in [0.1, 0.15) is 6.42 Å². The van der Waals surface area contributed by atoms with Gasteiger partial charge >= 0.3 is 5.97 Å². The van der Waals surface area contributed by atoms with Gasteiger partial charge in [0.25, 0.3) is 0 Å². The number of carbonyl (C=O) groups excluding carboxylic acids is 1. The molecule has 2 aromatic heterocycles. The van der Waals surface area contributed by atoms with Gasteiger partial charge in [-0.2, -0.15) is 0 Å². The highest BCUT2D eigenvalue weighted by atomic mass is 16.5. The summed E-state index contributed by atoms with van der Waals surface area (Å²) in [5, 5.41) is 4.27. The lowest BCUT2D eigenvalue weighted by atomic mass is 10.2. The lowest BCUT2D eigenvalue weighted by Gasteiger charge is -2.03. The topological polar surface area (TPSA) is 96.5 Å². The van der Waals surface area contributed by atoms with Crippen molar-refractivity contribution in [3.8, 4) is 11.4 Å². The number of hydrogen-bond donors (Lipinski definition) is 1. The molecule has 7 nitrogen and oxygen atoms in total. The Morgan fingerprint density at radius 2 is 2.20 bits per heavy atom. The second-order valence-corrected chi connectivity index (χ2v) is 4.26. The minimum Gasteiger partial charge on any atom is -0.465 e. The van der Waals surface area contributed by atoms with E-state index in [0.29, 0.717) is 18.8 Å². The third kappa shape index (κ3) is 3.55. The van der Waals surface area contributed by atoms with E-state index in [1.165, 1.54) is 7.11 Å². The number of aryl methyl sites for hydroxylation is 1. The van der Waals surface area contributed by atoms with Gasteiger partial charge in [-0.25, -0.2) is 14.8 Å². The molecule has 1 atom stereocenters. The molecule has 2 aromatic rings. The average Bonchev–Trinajstić information content (AvgIpc) is 2.53. The van der Waals surface area contributed by atoms with E-state index in [4.69, 9.17) is 0 Å². The Labute approximate surface area is 116 Å². The molecule has 104 valence electrons. The van der Waals surface area contributed by atoms with Crippen LogP contribution in [0, 0.1) is 0 Å². The van der Waals surface area contributed by atoms with Crippen molar-refractivity contribution in [2.24, 2.45) is 0 Å². The van der Waals surface area contributed by atoms with Gasteiger partial charge in [0.2, 0.25) is 0 Å². The van der Waals surface area contributed by atoms with E-state index in [0.717, 1.165) is 5.56 Å². The first-order valence-corrected chi connectivity index (χ1v) is 6.25. The SMILES string of the molecule is COC(=O)[C@H]([NH3+])CC[n+]1ccc(-c2ncccn2)cn1. The van der Waals surface area contributed by atoms with Gasteiger partial charge < -0.3 is 10.5 Å². The van der Waals surface area contributed by atoms with Gasteiger partial charge in [0, 0.05) is 24.0 Å². The number of esters is 1. The predicted octanol–water partition coefficient (Wildman–Crippen LogP) is -1.00. The molecule has 0 spiro atoms. The Kier molecular flexibility index (Phi) is 4.67. The molecule has 0 aliphatic heterocycles. The number of aromatic nitrogens is 4. The number of rotatable bonds is 5. The minimum atomic E-state index is -0.383. The third-order valence-corrected chi connectivity index (χ3v) is 2.84. The van der Waals surface area contributed by atoms with Gasteiger partial charge in [-0.15, -0.1) is 0 Å². The van der Waals surface area contributed by atoms with Crippen molar-refractivity contribution < 1.29 is 19.9 Å². The van der Waals surface area contributed by atoms with Crippen molar-refractivity contribution in [2.75, 3.05) is 7.11 Å². The highest BCUT2D eigenvalue weighted by molar-refractivity contribution is 5.73. The summed E-state index contributed by atoms with van der Waals surface area (Å²) in [5.74, 6) is 0.330. The highest BCUT2D eigenvalue weighted by Gasteiger charge is 2.20. The van der Waals surface area contributed by atoms with E-state index >= 15 is 0 Å². The van der Waals surface area contributed by atoms with Crippen molar-refractivity contribution in [3.05, 3.63) is 36.9 Å². The third-order valence-electron chi connectivity index (χ3n) is 2.84. The van der Waals surface area contributed by atoms with Gasteiger partial charge in [0.1, 0.15) is 6.20 Å². The Hall–Kier alpha value is -2.41. The zero-order valence-corrected chi connectivity index (χ0v) is 11.3. The minimum absolute atomic E-state index is 0.306. The second-order valence-electron chi connectivity index (χ2n) is 4.26. The van der Waals surface area contributed by atoms with Crippen LogP contribution in [0.2, 0.25) is 0 Å². The predicted molar refractivity (Wildman–Crippen MR) is 68.8 cm³/mol. The first-order chi connectivity index (χ1) is 9.70. The molecule has 0 bridgehead atoms. The van der Waals surface area contributed by atoms with Crippen LogP contribution in [0.3, 0.4) is 0 Å². The number of methoxy groups -OCH3 is 1. The van der Waals surface area contributed by atoms with Crippen LogP contribution >= 0.6 is 0 Å². The molecule has 20 heavy (non-hydrogen) atoms. The van der Waals surface area contributed by atoms with E-state index in [-0.39, 0.29) is 12.0 Å². The molecule has 0 radical (unpaired) electrons. The fourth-order valence-corrected chi connectivity index (χ4v) is 1.67. The van der Waals surface area contributed by atoms with Crippen molar-refractivity contribution in [2.45, 2.75) is 19.0 Å². The summed E-state index contributed by atoms with van der Waals surface area (Å²) >= 11 is 0. The van der Waals surface area contributed by atoms with Crippen LogP contribution in [-0.4, -0.2) is 34.2 Å². The molecule has 2 rings (SSSR count). The number of carbonyl (C=O) groups is 1. The Bertz CT molecular complexity index is 559. The molecule has 0 aliphatic carbocycles. The highest BCUT2D eigenvalue weighted by Crippen LogP contribution is 2.09. The second kappa shape index (κ2) is 6.67. The molecule has 0 aliphatic rings. The van der Waals surface area contributed by atoms with Crippen LogP contribution in [-0.2, 0) is 16.1 Å². The lowest BCUT2D eigenvalue weighted by molar-refractivity contribution is -0.756. The molecule has 0 aromatic carbocycles. The fraction of sp³-hybridized carbons (Fsp3) is 0.308. The molecule has 0 saturated carbocycles. The van der Waals surface area contributed by atoms with Crippen molar-refractivity contribution in [1.29, 1.82) is 0 Å². The van der Waals surface area contributed by atoms with Crippen LogP contribution in [0.4, 0.5) is 0 Å². The molecule has 0 amide bonds. The van der Waals surface area contributed by atoms with Crippen LogP contribution in [0.25, 0.3) is 11.4 Å². The zero-order chi connectivity index (χ0) is 14.4. The zero-order valence-electron chi connectivity index (χ0n) is 11.3. The molecule has 3 N–H and O–H groups in total. The number of quaternary nitrogens is 1. The van der Waals surface area contributed by atoms with Gasteiger partial charge in [-0.1, -0.05) is 4.68 Å². The maximum Gasteiger partial charge on any atom is 0.364 e. The normalized spacial score (nSPS) is 11.9. The van der Waals surface area contributed by atoms with Gasteiger partial charge in [-0.3, -0.25) is 0 Å². The van der Waals surface area contributed by atoms with Crippen LogP contribution in [0.15, 0.2) is 36.9 Å².